The van der Waals surface area contributed by atoms with Gasteiger partial charge in [-0.2, -0.15) is 18.4 Å². The van der Waals surface area contributed by atoms with E-state index in [0.717, 1.165) is 0 Å². The second-order valence-corrected chi connectivity index (χ2v) is 5.90. The van der Waals surface area contributed by atoms with E-state index < -0.39 is 11.5 Å². The molecule has 1 aromatic rings. The topological polar surface area (TPSA) is 50.1 Å². The lowest BCUT2D eigenvalue weighted by molar-refractivity contribution is -0.142. The lowest BCUT2D eigenvalue weighted by atomic mass is 10.1. The molecule has 8 heteroatoms. The summed E-state index contributed by atoms with van der Waals surface area (Å²) in [6, 6.07) is 4.53. The van der Waals surface area contributed by atoms with E-state index in [9.17, 15) is 18.0 Å². The molecule has 0 unspecified atom stereocenters. The van der Waals surface area contributed by atoms with Crippen molar-refractivity contribution < 1.29 is 22.7 Å². The van der Waals surface area contributed by atoms with Gasteiger partial charge in [-0.25, -0.2) is 0 Å². The van der Waals surface area contributed by atoms with Crippen LogP contribution in [-0.2, 0) is 16.0 Å². The summed E-state index contributed by atoms with van der Waals surface area (Å²) >= 11 is 1.50. The summed E-state index contributed by atoms with van der Waals surface area (Å²) in [5.41, 5.74) is -4.48. The Kier molecular flexibility index (Phi) is 6.13. The summed E-state index contributed by atoms with van der Waals surface area (Å²) in [5, 5.41) is 8.95. The van der Waals surface area contributed by atoms with Gasteiger partial charge in [-0.05, 0) is 59.0 Å². The zero-order valence-electron chi connectivity index (χ0n) is 10.3. The van der Waals surface area contributed by atoms with Gasteiger partial charge in [-0.3, -0.25) is 4.79 Å². The predicted molar refractivity (Wildman–Crippen MR) is 76.1 cm³/mol. The van der Waals surface area contributed by atoms with Crippen LogP contribution in [0.3, 0.4) is 0 Å². The second kappa shape index (κ2) is 7.17. The molecule has 0 saturated carbocycles. The Bertz CT molecular complexity index is 555. The van der Waals surface area contributed by atoms with Gasteiger partial charge in [0.2, 0.25) is 0 Å². The summed E-state index contributed by atoms with van der Waals surface area (Å²) in [7, 11) is 0. The van der Waals surface area contributed by atoms with E-state index in [4.69, 9.17) is 10.00 Å². The van der Waals surface area contributed by atoms with Crippen LogP contribution in [0.5, 0.6) is 0 Å². The molecule has 0 aliphatic heterocycles. The average Bonchev–Trinajstić information content (AvgIpc) is 2.31. The van der Waals surface area contributed by atoms with Crippen LogP contribution in [0, 0.1) is 14.9 Å². The van der Waals surface area contributed by atoms with E-state index in [-0.39, 0.29) is 40.8 Å². The number of rotatable bonds is 4. The number of thioether (sulfide) groups is 1. The first-order chi connectivity index (χ1) is 9.26. The molecule has 0 spiro atoms. The highest BCUT2D eigenvalue weighted by Crippen LogP contribution is 2.41. The van der Waals surface area contributed by atoms with Crippen LogP contribution in [-0.4, -0.2) is 18.1 Å². The van der Waals surface area contributed by atoms with Gasteiger partial charge in [0.15, 0.2) is 0 Å². The van der Waals surface area contributed by atoms with Crippen molar-refractivity contribution in [2.75, 3.05) is 6.61 Å². The Hall–Kier alpha value is -0.950. The number of carbonyl (C=O) groups excluding carboxylic acids is 1. The van der Waals surface area contributed by atoms with Crippen molar-refractivity contribution in [2.24, 2.45) is 0 Å². The fourth-order valence-electron chi connectivity index (χ4n) is 1.47. The molecule has 108 valence electrons. The third-order valence-corrected chi connectivity index (χ3v) is 3.65. The minimum atomic E-state index is -4.53. The first-order valence-corrected chi connectivity index (χ1v) is 7.30. The van der Waals surface area contributed by atoms with Crippen LogP contribution in [0.1, 0.15) is 18.1 Å². The number of esters is 1. The molecule has 0 aliphatic rings. The Morgan fingerprint density at radius 2 is 2.15 bits per heavy atom. The minimum absolute atomic E-state index is 0.0986. The van der Waals surface area contributed by atoms with Crippen molar-refractivity contribution in [1.29, 1.82) is 5.26 Å². The van der Waals surface area contributed by atoms with E-state index in [1.807, 2.05) is 22.6 Å². The number of benzene rings is 1. The number of nitriles is 1. The number of alkyl halides is 3. The molecule has 20 heavy (non-hydrogen) atoms. The van der Waals surface area contributed by atoms with Gasteiger partial charge in [0.05, 0.1) is 18.6 Å². The van der Waals surface area contributed by atoms with Crippen molar-refractivity contribution in [2.45, 2.75) is 23.7 Å². The maximum Gasteiger partial charge on any atom is 0.446 e. The largest absolute Gasteiger partial charge is 0.466 e. The van der Waals surface area contributed by atoms with Crippen molar-refractivity contribution in [3.05, 3.63) is 26.8 Å². The summed E-state index contributed by atoms with van der Waals surface area (Å²) in [6.07, 6.45) is -0.294. The third kappa shape index (κ3) is 5.20. The molecule has 0 atom stereocenters. The molecule has 0 heterocycles. The summed E-state index contributed by atoms with van der Waals surface area (Å²) < 4.78 is 43.0. The lowest BCUT2D eigenvalue weighted by Gasteiger charge is -2.13. The van der Waals surface area contributed by atoms with Crippen molar-refractivity contribution in [1.82, 2.24) is 0 Å². The highest BCUT2D eigenvalue weighted by molar-refractivity contribution is 14.1. The Balaban J connectivity index is 3.23. The molecule has 1 rings (SSSR count). The number of hydrogen-bond acceptors (Lipinski definition) is 4. The molecule has 0 radical (unpaired) electrons. The highest BCUT2D eigenvalue weighted by Gasteiger charge is 2.32. The lowest BCUT2D eigenvalue weighted by Crippen LogP contribution is -2.10. The predicted octanol–water partition coefficient (Wildman–Crippen LogP) is 3.88. The van der Waals surface area contributed by atoms with Crippen LogP contribution < -0.4 is 0 Å². The molecule has 1 aromatic carbocycles. The highest BCUT2D eigenvalue weighted by atomic mass is 127. The van der Waals surface area contributed by atoms with Crippen molar-refractivity contribution in [3.8, 4) is 6.07 Å². The average molecular weight is 415 g/mol. The molecular formula is C12H9F3INO2S. The van der Waals surface area contributed by atoms with E-state index in [2.05, 4.69) is 0 Å². The smallest absolute Gasteiger partial charge is 0.446 e. The molecule has 3 nitrogen and oxygen atoms in total. The van der Waals surface area contributed by atoms with Gasteiger partial charge < -0.3 is 4.74 Å². The van der Waals surface area contributed by atoms with Crippen molar-refractivity contribution >= 4 is 40.3 Å². The van der Waals surface area contributed by atoms with Gasteiger partial charge in [0.1, 0.15) is 6.07 Å². The zero-order valence-corrected chi connectivity index (χ0v) is 13.2. The zero-order chi connectivity index (χ0) is 15.3. The second-order valence-electron chi connectivity index (χ2n) is 3.58. The van der Waals surface area contributed by atoms with Crippen LogP contribution >= 0.6 is 34.4 Å². The molecule has 0 saturated heterocycles. The summed E-state index contributed by atoms with van der Waals surface area (Å²) in [6.45, 7) is 1.76. The van der Waals surface area contributed by atoms with Crippen LogP contribution in [0.25, 0.3) is 0 Å². The maximum absolute atomic E-state index is 12.6. The monoisotopic (exact) mass is 415 g/mol. The Morgan fingerprint density at radius 3 is 2.65 bits per heavy atom. The maximum atomic E-state index is 12.6. The molecule has 0 fully saturated rings. The first kappa shape index (κ1) is 17.1. The van der Waals surface area contributed by atoms with E-state index in [0.29, 0.717) is 3.57 Å². The Labute approximate surface area is 131 Å². The minimum Gasteiger partial charge on any atom is -0.466 e. The number of carbonyl (C=O) groups is 1. The molecule has 0 amide bonds. The van der Waals surface area contributed by atoms with Crippen molar-refractivity contribution in [3.63, 3.8) is 0 Å². The number of halogens is 4. The summed E-state index contributed by atoms with van der Waals surface area (Å²) in [4.78, 5) is 11.2. The Morgan fingerprint density at radius 1 is 1.50 bits per heavy atom. The van der Waals surface area contributed by atoms with Crippen LogP contribution in [0.15, 0.2) is 17.0 Å². The molecule has 0 bridgehead atoms. The SMILES string of the molecule is CCOC(=O)Cc1cc(I)cc(C#N)c1SC(F)(F)F. The van der Waals surface area contributed by atoms with E-state index >= 15 is 0 Å². The fourth-order valence-corrected chi connectivity index (χ4v) is 2.86. The standard InChI is InChI=1S/C12H9F3INO2S/c1-2-19-10(18)5-7-3-9(16)4-8(6-17)11(7)20-12(13,14)15/h3-4H,2,5H2,1H3. The van der Waals surface area contributed by atoms with Crippen LogP contribution in [0.4, 0.5) is 13.2 Å². The quantitative estimate of drug-likeness (QED) is 0.426. The third-order valence-electron chi connectivity index (χ3n) is 2.11. The number of ether oxygens (including phenoxy) is 1. The summed E-state index contributed by atoms with van der Waals surface area (Å²) in [5.74, 6) is -0.623. The normalized spacial score (nSPS) is 11.0. The van der Waals surface area contributed by atoms with Gasteiger partial charge in [0, 0.05) is 8.47 Å². The van der Waals surface area contributed by atoms with Crippen LogP contribution in [0.2, 0.25) is 0 Å². The number of nitrogens with zero attached hydrogens (tertiary/aromatic N) is 1. The first-order valence-electron chi connectivity index (χ1n) is 5.40. The fraction of sp³-hybridized carbons (Fsp3) is 0.333. The van der Waals surface area contributed by atoms with E-state index in [1.165, 1.54) is 12.1 Å². The molecule has 0 aliphatic carbocycles. The molecular weight excluding hydrogens is 406 g/mol. The van der Waals surface area contributed by atoms with E-state index in [1.54, 1.807) is 13.0 Å². The van der Waals surface area contributed by atoms with Gasteiger partial charge in [0.25, 0.3) is 0 Å². The number of hydrogen-bond donors (Lipinski definition) is 0. The molecule has 0 aromatic heterocycles. The van der Waals surface area contributed by atoms with Gasteiger partial charge in [-0.15, -0.1) is 0 Å². The van der Waals surface area contributed by atoms with Gasteiger partial charge in [-0.1, -0.05) is 0 Å². The molecule has 0 N–H and O–H groups in total. The van der Waals surface area contributed by atoms with Gasteiger partial charge >= 0.3 is 11.5 Å².